The molecule has 10 aromatic rings. The van der Waals surface area contributed by atoms with Gasteiger partial charge in [-0.05, 0) is 51.6 Å². The smallest absolute Gasteiger partial charge is 0.149 e. The number of para-hydroxylation sites is 2. The molecule has 1 N–H and O–H groups in total. The normalized spacial score (nSPS) is 14.1. The second kappa shape index (κ2) is 13.6. The van der Waals surface area contributed by atoms with Crippen molar-refractivity contribution in [2.45, 2.75) is 6.17 Å². The summed E-state index contributed by atoms with van der Waals surface area (Å²) < 4.78 is 7.10. The van der Waals surface area contributed by atoms with Crippen LogP contribution in [0.1, 0.15) is 22.9 Å². The zero-order chi connectivity index (χ0) is 37.7. The van der Waals surface area contributed by atoms with E-state index >= 15 is 0 Å². The Bertz CT molecular complexity index is 3170. The Morgan fingerprint density at radius 2 is 0.930 bits per heavy atom. The van der Waals surface area contributed by atoms with E-state index in [0.717, 1.165) is 83.0 Å². The number of hydrogen-bond acceptors (Lipinski definition) is 4. The van der Waals surface area contributed by atoms with Crippen LogP contribution in [0.2, 0.25) is 0 Å². The van der Waals surface area contributed by atoms with E-state index in [-0.39, 0.29) is 0 Å². The molecule has 4 heteroatoms. The first kappa shape index (κ1) is 32.8. The summed E-state index contributed by atoms with van der Waals surface area (Å²) in [5, 5.41) is 9.14. The molecule has 0 bridgehead atoms. The van der Waals surface area contributed by atoms with Crippen LogP contribution in [0.5, 0.6) is 0 Å². The molecule has 3 heterocycles. The molecule has 0 fully saturated rings. The molecule has 0 amide bonds. The number of fused-ring (bicyclic) bond motifs is 7. The first-order valence-electron chi connectivity index (χ1n) is 19.3. The van der Waals surface area contributed by atoms with Gasteiger partial charge in [-0.2, -0.15) is 0 Å². The summed E-state index contributed by atoms with van der Waals surface area (Å²) in [4.78, 5) is 10.6. The van der Waals surface area contributed by atoms with Crippen molar-refractivity contribution < 1.29 is 4.42 Å². The van der Waals surface area contributed by atoms with Gasteiger partial charge in [0, 0.05) is 43.8 Å². The van der Waals surface area contributed by atoms with Gasteiger partial charge in [-0.15, -0.1) is 0 Å². The maximum absolute atomic E-state index is 7.10. The van der Waals surface area contributed by atoms with Crippen molar-refractivity contribution in [3.05, 3.63) is 217 Å². The fourth-order valence-corrected chi connectivity index (χ4v) is 8.29. The summed E-state index contributed by atoms with van der Waals surface area (Å²) in [5.41, 5.74) is 14.4. The average molecular weight is 730 g/mol. The predicted octanol–water partition coefficient (Wildman–Crippen LogP) is 13.4. The van der Waals surface area contributed by atoms with Crippen LogP contribution in [-0.2, 0) is 0 Å². The lowest BCUT2D eigenvalue weighted by atomic mass is 9.97. The van der Waals surface area contributed by atoms with Crippen molar-refractivity contribution in [3.8, 4) is 33.5 Å². The monoisotopic (exact) mass is 729 g/mol. The van der Waals surface area contributed by atoms with Gasteiger partial charge < -0.3 is 9.73 Å². The summed E-state index contributed by atoms with van der Waals surface area (Å²) in [5.74, 6) is 0. The van der Waals surface area contributed by atoms with E-state index in [1.807, 2.05) is 18.2 Å². The van der Waals surface area contributed by atoms with Crippen LogP contribution in [0.3, 0.4) is 0 Å². The number of rotatable bonds is 6. The standard InChI is InChI=1S/C53H35N3O/c1-4-13-34(14-5-1)36-23-27-38(28-24-36)47-33-48(39-29-25-37(26-30-39)35-15-6-2-7-16-35)56-53(55-47)45-21-12-20-41-42-31-32-44-49(52(42)57-51(41)45)43-19-10-11-22-46(43)54-50(44)40-17-8-3-9-18-40/h1-33,53,55H. The molecule has 0 saturated carbocycles. The van der Waals surface area contributed by atoms with Gasteiger partial charge in [-0.25, -0.2) is 4.98 Å². The molecular weight excluding hydrogens is 695 g/mol. The maximum atomic E-state index is 7.10. The number of aromatic nitrogens is 1. The molecular formula is C53H35N3O. The largest absolute Gasteiger partial charge is 0.455 e. The lowest BCUT2D eigenvalue weighted by Crippen LogP contribution is -2.25. The molecule has 0 spiro atoms. The summed E-state index contributed by atoms with van der Waals surface area (Å²) in [6.07, 6.45) is 1.76. The number of aliphatic imine (C=N–C) groups is 1. The second-order valence-corrected chi connectivity index (χ2v) is 14.5. The van der Waals surface area contributed by atoms with E-state index in [1.165, 1.54) is 22.3 Å². The third-order valence-corrected chi connectivity index (χ3v) is 11.1. The fourth-order valence-electron chi connectivity index (χ4n) is 8.29. The van der Waals surface area contributed by atoms with E-state index in [0.29, 0.717) is 0 Å². The van der Waals surface area contributed by atoms with Gasteiger partial charge in [0.2, 0.25) is 0 Å². The minimum atomic E-state index is -0.406. The molecule has 268 valence electrons. The van der Waals surface area contributed by atoms with E-state index in [2.05, 4.69) is 187 Å². The molecule has 1 atom stereocenters. The lowest BCUT2D eigenvalue weighted by molar-refractivity contribution is 0.626. The van der Waals surface area contributed by atoms with E-state index < -0.39 is 6.17 Å². The Morgan fingerprint density at radius 1 is 0.404 bits per heavy atom. The molecule has 0 aliphatic carbocycles. The number of benzene rings is 8. The van der Waals surface area contributed by atoms with E-state index in [4.69, 9.17) is 14.4 Å². The number of nitrogens with zero attached hydrogens (tertiary/aromatic N) is 2. The van der Waals surface area contributed by atoms with Crippen LogP contribution in [0.15, 0.2) is 210 Å². The molecule has 2 aromatic heterocycles. The number of allylic oxidation sites excluding steroid dienone is 1. The summed E-state index contributed by atoms with van der Waals surface area (Å²) in [6, 6.07) is 68.0. The average Bonchev–Trinajstić information content (AvgIpc) is 3.69. The zero-order valence-electron chi connectivity index (χ0n) is 30.9. The van der Waals surface area contributed by atoms with Gasteiger partial charge in [0.25, 0.3) is 0 Å². The summed E-state index contributed by atoms with van der Waals surface area (Å²) in [7, 11) is 0. The van der Waals surface area contributed by atoms with Gasteiger partial charge in [0.1, 0.15) is 17.3 Å². The zero-order valence-corrected chi connectivity index (χ0v) is 30.9. The predicted molar refractivity (Wildman–Crippen MR) is 236 cm³/mol. The fraction of sp³-hybridized carbons (Fsp3) is 0.0189. The first-order valence-corrected chi connectivity index (χ1v) is 19.3. The molecule has 1 aliphatic rings. The highest BCUT2D eigenvalue weighted by molar-refractivity contribution is 6.25. The van der Waals surface area contributed by atoms with E-state index in [9.17, 15) is 0 Å². The topological polar surface area (TPSA) is 50.4 Å². The van der Waals surface area contributed by atoms with E-state index in [1.54, 1.807) is 0 Å². The third-order valence-electron chi connectivity index (χ3n) is 11.1. The Kier molecular flexibility index (Phi) is 7.85. The molecule has 11 rings (SSSR count). The van der Waals surface area contributed by atoms with Crippen molar-refractivity contribution >= 4 is 55.0 Å². The van der Waals surface area contributed by atoms with Crippen LogP contribution in [0, 0.1) is 0 Å². The van der Waals surface area contributed by atoms with Gasteiger partial charge in [-0.1, -0.05) is 182 Å². The minimum absolute atomic E-state index is 0.406. The Balaban J connectivity index is 1.07. The Morgan fingerprint density at radius 3 is 1.61 bits per heavy atom. The SMILES string of the molecule is C1=C(c2ccc(-c3ccccc3)cc2)NC(c2cccc3c2oc2c3ccc3c(-c4ccccc4)nc4ccccc4c32)N=C1c1ccc(-c2ccccc2)cc1. The molecule has 0 saturated heterocycles. The molecule has 0 radical (unpaired) electrons. The van der Waals surface area contributed by atoms with Gasteiger partial charge in [-0.3, -0.25) is 4.99 Å². The number of nitrogens with one attached hydrogen (secondary N) is 1. The van der Waals surface area contributed by atoms with Crippen LogP contribution in [0.25, 0.3) is 82.8 Å². The highest BCUT2D eigenvalue weighted by atomic mass is 16.3. The summed E-state index contributed by atoms with van der Waals surface area (Å²) in [6.45, 7) is 0. The highest BCUT2D eigenvalue weighted by Crippen LogP contribution is 2.43. The quantitative estimate of drug-likeness (QED) is 0.173. The van der Waals surface area contributed by atoms with Gasteiger partial charge >= 0.3 is 0 Å². The lowest BCUT2D eigenvalue weighted by Gasteiger charge is -2.25. The second-order valence-electron chi connectivity index (χ2n) is 14.5. The van der Waals surface area contributed by atoms with Crippen LogP contribution in [-0.4, -0.2) is 10.7 Å². The van der Waals surface area contributed by atoms with Gasteiger partial charge in [0.05, 0.1) is 16.9 Å². The van der Waals surface area contributed by atoms with Gasteiger partial charge in [0.15, 0.2) is 0 Å². The van der Waals surface area contributed by atoms with Crippen molar-refractivity contribution in [1.29, 1.82) is 0 Å². The molecule has 57 heavy (non-hydrogen) atoms. The number of pyridine rings is 1. The van der Waals surface area contributed by atoms with Crippen molar-refractivity contribution in [2.75, 3.05) is 0 Å². The van der Waals surface area contributed by atoms with Crippen LogP contribution < -0.4 is 5.32 Å². The summed E-state index contributed by atoms with van der Waals surface area (Å²) >= 11 is 0. The Hall–Kier alpha value is -7.56. The maximum Gasteiger partial charge on any atom is 0.149 e. The van der Waals surface area contributed by atoms with Crippen LogP contribution >= 0.6 is 0 Å². The molecule has 1 aliphatic heterocycles. The third kappa shape index (κ3) is 5.78. The van der Waals surface area contributed by atoms with Crippen LogP contribution in [0.4, 0.5) is 0 Å². The molecule has 1 unspecified atom stereocenters. The van der Waals surface area contributed by atoms with Crippen molar-refractivity contribution in [3.63, 3.8) is 0 Å². The molecule has 4 nitrogen and oxygen atoms in total. The number of hydrogen-bond donors (Lipinski definition) is 1. The van der Waals surface area contributed by atoms with Crippen molar-refractivity contribution in [2.24, 2.45) is 4.99 Å². The minimum Gasteiger partial charge on any atom is -0.455 e. The highest BCUT2D eigenvalue weighted by Gasteiger charge is 2.25. The Labute approximate surface area is 330 Å². The number of furan rings is 1. The molecule has 8 aromatic carbocycles. The first-order chi connectivity index (χ1) is 28.2. The van der Waals surface area contributed by atoms with Crippen molar-refractivity contribution in [1.82, 2.24) is 10.3 Å².